The Balaban J connectivity index is 1.96. The van der Waals surface area contributed by atoms with Crippen LogP contribution in [0.2, 0.25) is 0 Å². The summed E-state index contributed by atoms with van der Waals surface area (Å²) < 4.78 is 25.2. The molecule has 150 valence electrons. The minimum Gasteiger partial charge on any atom is -0.444 e. The first kappa shape index (κ1) is 21.5. The molecule has 2 atom stereocenters. The number of benzene rings is 1. The van der Waals surface area contributed by atoms with Crippen LogP contribution < -0.4 is 0 Å². The highest BCUT2D eigenvalue weighted by Gasteiger charge is 2.37. The lowest BCUT2D eigenvalue weighted by Gasteiger charge is -2.43. The number of carbonyl (C=O) groups is 2. The van der Waals surface area contributed by atoms with Crippen molar-refractivity contribution in [2.45, 2.75) is 58.9 Å². The number of hydrogen-bond donors (Lipinski definition) is 0. The number of rotatable bonds is 2. The molecule has 1 heterocycles. The molecular weight excluding hydrogens is 419 g/mol. The van der Waals surface area contributed by atoms with Gasteiger partial charge in [-0.15, -0.1) is 0 Å². The number of halogens is 2. The van der Waals surface area contributed by atoms with E-state index in [1.165, 1.54) is 6.07 Å². The monoisotopic (exact) mass is 444 g/mol. The van der Waals surface area contributed by atoms with Gasteiger partial charge in [0.25, 0.3) is 0 Å². The summed E-state index contributed by atoms with van der Waals surface area (Å²) in [5, 5.41) is 0. The minimum absolute atomic E-state index is 0.149. The van der Waals surface area contributed by atoms with Crippen LogP contribution >= 0.6 is 15.9 Å². The van der Waals surface area contributed by atoms with Crippen molar-refractivity contribution in [1.82, 2.24) is 9.80 Å². The fraction of sp³-hybridized carbons (Fsp3) is 0.579. The average molecular weight is 445 g/mol. The second-order valence-electron chi connectivity index (χ2n) is 7.78. The molecule has 0 spiro atoms. The zero-order chi connectivity index (χ0) is 20.4. The van der Waals surface area contributed by atoms with Crippen LogP contribution in [0.15, 0.2) is 22.7 Å². The lowest BCUT2D eigenvalue weighted by atomic mass is 10.1. The number of piperazine rings is 1. The van der Waals surface area contributed by atoms with Gasteiger partial charge in [0.1, 0.15) is 18.0 Å². The highest BCUT2D eigenvalue weighted by atomic mass is 79.9. The van der Waals surface area contributed by atoms with Crippen molar-refractivity contribution in [3.63, 3.8) is 0 Å². The van der Waals surface area contributed by atoms with Crippen molar-refractivity contribution in [3.8, 4) is 0 Å². The molecule has 1 aromatic carbocycles. The fourth-order valence-electron chi connectivity index (χ4n) is 3.01. The van der Waals surface area contributed by atoms with E-state index in [1.54, 1.807) is 21.9 Å². The van der Waals surface area contributed by atoms with Crippen LogP contribution in [-0.4, -0.2) is 52.8 Å². The topological polar surface area (TPSA) is 59.1 Å². The minimum atomic E-state index is -0.575. The Morgan fingerprint density at radius 1 is 1.19 bits per heavy atom. The molecule has 0 N–H and O–H groups in total. The summed E-state index contributed by atoms with van der Waals surface area (Å²) in [4.78, 5) is 28.0. The Hall–Kier alpha value is -1.83. The third kappa shape index (κ3) is 5.82. The molecule has 0 aromatic heterocycles. The molecule has 0 radical (unpaired) electrons. The van der Waals surface area contributed by atoms with Gasteiger partial charge >= 0.3 is 12.2 Å². The van der Waals surface area contributed by atoms with Gasteiger partial charge < -0.3 is 14.4 Å². The van der Waals surface area contributed by atoms with Crippen LogP contribution in [0.1, 0.15) is 40.2 Å². The summed E-state index contributed by atoms with van der Waals surface area (Å²) in [6, 6.07) is 4.09. The third-order valence-corrected chi connectivity index (χ3v) is 4.64. The Kier molecular flexibility index (Phi) is 6.72. The van der Waals surface area contributed by atoms with Crippen molar-refractivity contribution in [2.75, 3.05) is 13.1 Å². The Morgan fingerprint density at radius 2 is 1.78 bits per heavy atom. The molecule has 0 aliphatic carbocycles. The van der Waals surface area contributed by atoms with E-state index >= 15 is 0 Å². The zero-order valence-corrected chi connectivity index (χ0v) is 17.9. The Bertz CT molecular complexity index is 695. The van der Waals surface area contributed by atoms with Gasteiger partial charge in [-0.05, 0) is 46.8 Å². The van der Waals surface area contributed by atoms with Crippen LogP contribution in [0.3, 0.4) is 0 Å². The van der Waals surface area contributed by atoms with Crippen LogP contribution in [0.4, 0.5) is 14.0 Å². The molecule has 2 amide bonds. The van der Waals surface area contributed by atoms with E-state index < -0.39 is 23.6 Å². The summed E-state index contributed by atoms with van der Waals surface area (Å²) in [6.07, 6.45) is -0.924. The first-order valence-electron chi connectivity index (χ1n) is 8.85. The van der Waals surface area contributed by atoms with Gasteiger partial charge in [-0.3, -0.25) is 4.90 Å². The predicted molar refractivity (Wildman–Crippen MR) is 103 cm³/mol. The smallest absolute Gasteiger partial charge is 0.410 e. The third-order valence-electron chi connectivity index (χ3n) is 4.15. The molecule has 1 aromatic rings. The molecule has 1 saturated heterocycles. The van der Waals surface area contributed by atoms with E-state index in [4.69, 9.17) is 9.47 Å². The fourth-order valence-corrected chi connectivity index (χ4v) is 3.34. The summed E-state index contributed by atoms with van der Waals surface area (Å²) in [7, 11) is 0. The van der Waals surface area contributed by atoms with Gasteiger partial charge in [0.15, 0.2) is 0 Å². The largest absolute Gasteiger partial charge is 0.444 e. The van der Waals surface area contributed by atoms with Gasteiger partial charge in [0.05, 0.1) is 12.1 Å². The van der Waals surface area contributed by atoms with Gasteiger partial charge in [0, 0.05) is 23.1 Å². The SMILES string of the molecule is CC1CN(C(=O)OC(C)(C)C)CC(C)N1C(=O)OCc1ccc(Br)cc1F. The lowest BCUT2D eigenvalue weighted by molar-refractivity contribution is -0.00983. The molecule has 6 nitrogen and oxygen atoms in total. The van der Waals surface area contributed by atoms with Crippen molar-refractivity contribution >= 4 is 28.1 Å². The molecule has 2 unspecified atom stereocenters. The maximum atomic E-state index is 13.9. The first-order valence-corrected chi connectivity index (χ1v) is 9.64. The molecule has 1 aliphatic heterocycles. The van der Waals surface area contributed by atoms with Crippen LogP contribution in [0.5, 0.6) is 0 Å². The summed E-state index contributed by atoms with van der Waals surface area (Å²) in [5.41, 5.74) is -0.270. The van der Waals surface area contributed by atoms with Crippen molar-refractivity contribution in [2.24, 2.45) is 0 Å². The lowest BCUT2D eigenvalue weighted by Crippen LogP contribution is -2.60. The van der Waals surface area contributed by atoms with Gasteiger partial charge in [-0.25, -0.2) is 14.0 Å². The summed E-state index contributed by atoms with van der Waals surface area (Å²) >= 11 is 3.19. The normalized spacial score (nSPS) is 20.4. The quantitative estimate of drug-likeness (QED) is 0.670. The molecule has 27 heavy (non-hydrogen) atoms. The molecule has 2 rings (SSSR count). The van der Waals surface area contributed by atoms with Crippen LogP contribution in [-0.2, 0) is 16.1 Å². The van der Waals surface area contributed by atoms with E-state index in [0.717, 1.165) is 0 Å². The maximum Gasteiger partial charge on any atom is 0.410 e. The van der Waals surface area contributed by atoms with Crippen molar-refractivity contribution in [1.29, 1.82) is 0 Å². The number of hydrogen-bond acceptors (Lipinski definition) is 4. The average Bonchev–Trinajstić information content (AvgIpc) is 2.51. The van der Waals surface area contributed by atoms with Gasteiger partial charge in [-0.1, -0.05) is 22.0 Å². The van der Waals surface area contributed by atoms with E-state index in [0.29, 0.717) is 23.1 Å². The number of ether oxygens (including phenoxy) is 2. The van der Waals surface area contributed by atoms with E-state index in [-0.39, 0.29) is 18.7 Å². The standard InChI is InChI=1S/C19H26BrFN2O4/c1-12-9-22(17(24)27-19(3,4)5)10-13(2)23(12)18(25)26-11-14-6-7-15(20)8-16(14)21/h6-8,12-13H,9-11H2,1-5H3. The van der Waals surface area contributed by atoms with Crippen molar-refractivity contribution < 1.29 is 23.5 Å². The molecule has 1 aliphatic rings. The van der Waals surface area contributed by atoms with Crippen molar-refractivity contribution in [3.05, 3.63) is 34.1 Å². The highest BCUT2D eigenvalue weighted by molar-refractivity contribution is 9.10. The van der Waals surface area contributed by atoms with E-state index in [2.05, 4.69) is 15.9 Å². The van der Waals surface area contributed by atoms with E-state index in [1.807, 2.05) is 34.6 Å². The number of amides is 2. The molecule has 0 bridgehead atoms. The summed E-state index contributed by atoms with van der Waals surface area (Å²) in [6.45, 7) is 9.67. The molecule has 8 heteroatoms. The van der Waals surface area contributed by atoms with E-state index in [9.17, 15) is 14.0 Å². The number of carbonyl (C=O) groups excluding carboxylic acids is 2. The second kappa shape index (κ2) is 8.46. The summed E-state index contributed by atoms with van der Waals surface area (Å²) in [5.74, 6) is -0.437. The highest BCUT2D eigenvalue weighted by Crippen LogP contribution is 2.21. The molecule has 0 saturated carbocycles. The molecular formula is C19H26BrFN2O4. The maximum absolute atomic E-state index is 13.9. The zero-order valence-electron chi connectivity index (χ0n) is 16.3. The first-order chi connectivity index (χ1) is 12.5. The van der Waals surface area contributed by atoms with Gasteiger partial charge in [0.2, 0.25) is 0 Å². The second-order valence-corrected chi connectivity index (χ2v) is 8.70. The van der Waals surface area contributed by atoms with Crippen LogP contribution in [0, 0.1) is 5.82 Å². The molecule has 1 fully saturated rings. The predicted octanol–water partition coefficient (Wildman–Crippen LogP) is 4.55. The Labute approximate surface area is 167 Å². The Morgan fingerprint density at radius 3 is 2.30 bits per heavy atom. The van der Waals surface area contributed by atoms with Crippen LogP contribution in [0.25, 0.3) is 0 Å². The van der Waals surface area contributed by atoms with Gasteiger partial charge in [-0.2, -0.15) is 0 Å². The number of nitrogens with zero attached hydrogens (tertiary/aromatic N) is 2.